The SMILES string of the molecule is O=C(O)[C@H]1COCCN1C(=O)C[C@H]1CCCCO1. The monoisotopic (exact) mass is 257 g/mol. The summed E-state index contributed by atoms with van der Waals surface area (Å²) < 4.78 is 10.6. The van der Waals surface area contributed by atoms with Gasteiger partial charge in [-0.2, -0.15) is 0 Å². The van der Waals surface area contributed by atoms with Crippen LogP contribution in [0.5, 0.6) is 0 Å². The number of rotatable bonds is 3. The number of carbonyl (C=O) groups excluding carboxylic acids is 1. The van der Waals surface area contributed by atoms with Crippen LogP contribution in [-0.4, -0.2) is 60.4 Å². The van der Waals surface area contributed by atoms with Crippen LogP contribution in [0.15, 0.2) is 0 Å². The fourth-order valence-corrected chi connectivity index (χ4v) is 2.39. The van der Waals surface area contributed by atoms with E-state index in [9.17, 15) is 9.59 Å². The Labute approximate surface area is 106 Å². The van der Waals surface area contributed by atoms with Crippen molar-refractivity contribution in [3.63, 3.8) is 0 Å². The predicted octanol–water partition coefficient (Wildman–Crippen LogP) is 0.258. The normalized spacial score (nSPS) is 29.0. The van der Waals surface area contributed by atoms with Gasteiger partial charge in [0.1, 0.15) is 0 Å². The summed E-state index contributed by atoms with van der Waals surface area (Å²) in [6.07, 6.45) is 3.23. The first-order valence-electron chi connectivity index (χ1n) is 6.40. The van der Waals surface area contributed by atoms with E-state index < -0.39 is 12.0 Å². The lowest BCUT2D eigenvalue weighted by atomic mass is 10.0. The molecule has 0 spiro atoms. The van der Waals surface area contributed by atoms with Crippen molar-refractivity contribution >= 4 is 11.9 Å². The highest BCUT2D eigenvalue weighted by molar-refractivity contribution is 5.84. The van der Waals surface area contributed by atoms with Crippen molar-refractivity contribution < 1.29 is 24.2 Å². The molecule has 102 valence electrons. The number of aliphatic carboxylic acids is 1. The largest absolute Gasteiger partial charge is 0.480 e. The number of morpholine rings is 1. The van der Waals surface area contributed by atoms with E-state index in [1.165, 1.54) is 4.90 Å². The minimum Gasteiger partial charge on any atom is -0.480 e. The molecule has 6 heteroatoms. The van der Waals surface area contributed by atoms with E-state index in [4.69, 9.17) is 14.6 Å². The van der Waals surface area contributed by atoms with Crippen molar-refractivity contribution in [3.8, 4) is 0 Å². The predicted molar refractivity (Wildman–Crippen MR) is 62.2 cm³/mol. The Hall–Kier alpha value is -1.14. The molecule has 0 aromatic rings. The van der Waals surface area contributed by atoms with E-state index in [0.717, 1.165) is 19.3 Å². The Morgan fingerprint density at radius 2 is 2.11 bits per heavy atom. The maximum atomic E-state index is 12.1. The molecule has 0 unspecified atom stereocenters. The van der Waals surface area contributed by atoms with Crippen molar-refractivity contribution in [2.75, 3.05) is 26.4 Å². The first kappa shape index (κ1) is 13.3. The van der Waals surface area contributed by atoms with Crippen LogP contribution in [0.4, 0.5) is 0 Å². The van der Waals surface area contributed by atoms with E-state index >= 15 is 0 Å². The number of hydrogen-bond donors (Lipinski definition) is 1. The lowest BCUT2D eigenvalue weighted by Crippen LogP contribution is -2.53. The highest BCUT2D eigenvalue weighted by atomic mass is 16.5. The number of amides is 1. The zero-order valence-electron chi connectivity index (χ0n) is 10.3. The Morgan fingerprint density at radius 1 is 1.28 bits per heavy atom. The van der Waals surface area contributed by atoms with Crippen LogP contribution in [0.2, 0.25) is 0 Å². The molecule has 18 heavy (non-hydrogen) atoms. The number of carbonyl (C=O) groups is 2. The van der Waals surface area contributed by atoms with Crippen molar-refractivity contribution in [2.45, 2.75) is 37.8 Å². The second-order valence-electron chi connectivity index (χ2n) is 4.71. The quantitative estimate of drug-likeness (QED) is 0.784. The molecular formula is C12H19NO5. The van der Waals surface area contributed by atoms with Gasteiger partial charge in [0.25, 0.3) is 0 Å². The molecule has 2 saturated heterocycles. The van der Waals surface area contributed by atoms with Gasteiger partial charge in [-0.25, -0.2) is 4.79 Å². The van der Waals surface area contributed by atoms with Crippen LogP contribution >= 0.6 is 0 Å². The Kier molecular flexibility index (Phi) is 4.54. The summed E-state index contributed by atoms with van der Waals surface area (Å²) >= 11 is 0. The Morgan fingerprint density at radius 3 is 2.78 bits per heavy atom. The van der Waals surface area contributed by atoms with Gasteiger partial charge in [0.05, 0.1) is 25.7 Å². The highest BCUT2D eigenvalue weighted by Crippen LogP contribution is 2.18. The van der Waals surface area contributed by atoms with Crippen LogP contribution in [-0.2, 0) is 19.1 Å². The molecule has 2 fully saturated rings. The summed E-state index contributed by atoms with van der Waals surface area (Å²) in [7, 11) is 0. The average Bonchev–Trinajstić information content (AvgIpc) is 2.40. The molecular weight excluding hydrogens is 238 g/mol. The summed E-state index contributed by atoms with van der Waals surface area (Å²) in [5, 5.41) is 9.06. The number of carboxylic acids is 1. The number of hydrogen-bond acceptors (Lipinski definition) is 4. The summed E-state index contributed by atoms with van der Waals surface area (Å²) in [6, 6.07) is -0.852. The van der Waals surface area contributed by atoms with Gasteiger partial charge in [-0.1, -0.05) is 0 Å². The van der Waals surface area contributed by atoms with Gasteiger partial charge >= 0.3 is 5.97 Å². The second kappa shape index (κ2) is 6.15. The smallest absolute Gasteiger partial charge is 0.328 e. The van der Waals surface area contributed by atoms with Crippen molar-refractivity contribution in [1.82, 2.24) is 4.90 Å². The zero-order valence-corrected chi connectivity index (χ0v) is 10.3. The minimum atomic E-state index is -1.01. The van der Waals surface area contributed by atoms with Gasteiger partial charge in [-0.15, -0.1) is 0 Å². The lowest BCUT2D eigenvalue weighted by Gasteiger charge is -2.34. The number of carboxylic acid groups (broad SMARTS) is 1. The first-order valence-corrected chi connectivity index (χ1v) is 6.40. The molecule has 2 aliphatic heterocycles. The fourth-order valence-electron chi connectivity index (χ4n) is 2.39. The number of ether oxygens (including phenoxy) is 2. The van der Waals surface area contributed by atoms with E-state index in [-0.39, 0.29) is 25.0 Å². The molecule has 6 nitrogen and oxygen atoms in total. The van der Waals surface area contributed by atoms with Crippen LogP contribution in [0.25, 0.3) is 0 Å². The highest BCUT2D eigenvalue weighted by Gasteiger charge is 2.33. The molecule has 2 rings (SSSR count). The molecule has 2 atom stereocenters. The number of nitrogens with zero attached hydrogens (tertiary/aromatic N) is 1. The van der Waals surface area contributed by atoms with Gasteiger partial charge in [0.2, 0.25) is 5.91 Å². The van der Waals surface area contributed by atoms with Gasteiger partial charge in [-0.3, -0.25) is 4.79 Å². The van der Waals surface area contributed by atoms with E-state index in [1.807, 2.05) is 0 Å². The maximum Gasteiger partial charge on any atom is 0.328 e. The van der Waals surface area contributed by atoms with E-state index in [2.05, 4.69) is 0 Å². The van der Waals surface area contributed by atoms with Crippen LogP contribution in [0.3, 0.4) is 0 Å². The Bertz CT molecular complexity index is 314. The third-order valence-electron chi connectivity index (χ3n) is 3.41. The third-order valence-corrected chi connectivity index (χ3v) is 3.41. The standard InChI is InChI=1S/C12H19NO5/c14-11(7-9-3-1-2-5-18-9)13-4-6-17-8-10(13)12(15)16/h9-10H,1-8H2,(H,15,16)/t9-,10-/m1/s1. The van der Waals surface area contributed by atoms with Gasteiger partial charge in [0.15, 0.2) is 6.04 Å². The van der Waals surface area contributed by atoms with Crippen LogP contribution < -0.4 is 0 Å². The minimum absolute atomic E-state index is 0.0523. The average molecular weight is 257 g/mol. The van der Waals surface area contributed by atoms with Crippen molar-refractivity contribution in [2.24, 2.45) is 0 Å². The summed E-state index contributed by atoms with van der Waals surface area (Å²) in [4.78, 5) is 24.6. The van der Waals surface area contributed by atoms with Gasteiger partial charge in [0, 0.05) is 13.2 Å². The summed E-state index contributed by atoms with van der Waals surface area (Å²) in [5.41, 5.74) is 0. The van der Waals surface area contributed by atoms with Crippen molar-refractivity contribution in [3.05, 3.63) is 0 Å². The van der Waals surface area contributed by atoms with Gasteiger partial charge < -0.3 is 19.5 Å². The molecule has 0 aliphatic carbocycles. The molecule has 0 radical (unpaired) electrons. The molecule has 0 aromatic heterocycles. The maximum absolute atomic E-state index is 12.1. The Balaban J connectivity index is 1.91. The van der Waals surface area contributed by atoms with Crippen molar-refractivity contribution in [1.29, 1.82) is 0 Å². The van der Waals surface area contributed by atoms with Crippen LogP contribution in [0.1, 0.15) is 25.7 Å². The third kappa shape index (κ3) is 3.20. The first-order chi connectivity index (χ1) is 8.68. The van der Waals surface area contributed by atoms with Gasteiger partial charge in [-0.05, 0) is 19.3 Å². The van der Waals surface area contributed by atoms with E-state index in [0.29, 0.717) is 19.8 Å². The molecule has 1 N–H and O–H groups in total. The molecule has 0 bridgehead atoms. The van der Waals surface area contributed by atoms with E-state index in [1.54, 1.807) is 0 Å². The second-order valence-corrected chi connectivity index (χ2v) is 4.71. The molecule has 2 aliphatic rings. The molecule has 1 amide bonds. The molecule has 0 aromatic carbocycles. The fraction of sp³-hybridized carbons (Fsp3) is 0.833. The molecule has 0 saturated carbocycles. The topological polar surface area (TPSA) is 76.1 Å². The lowest BCUT2D eigenvalue weighted by molar-refractivity contribution is -0.159. The summed E-state index contributed by atoms with van der Waals surface area (Å²) in [5.74, 6) is -1.15. The summed E-state index contributed by atoms with van der Waals surface area (Å²) in [6.45, 7) is 1.53. The molecule has 2 heterocycles. The van der Waals surface area contributed by atoms with Crippen LogP contribution in [0, 0.1) is 0 Å². The zero-order chi connectivity index (χ0) is 13.0.